The van der Waals surface area contributed by atoms with Gasteiger partial charge in [0.15, 0.2) is 0 Å². The van der Waals surface area contributed by atoms with E-state index in [0.717, 1.165) is 37.9 Å². The zero-order valence-electron chi connectivity index (χ0n) is 16.0. The fraction of sp³-hybridized carbons (Fsp3) is 1.00. The molecule has 2 atom stereocenters. The highest BCUT2D eigenvalue weighted by molar-refractivity contribution is 8.00. The Morgan fingerprint density at radius 3 is 2.40 bits per heavy atom. The molecule has 0 amide bonds. The molecule has 1 fully saturated rings. The minimum Gasteiger partial charge on any atom is -0.213 e. The number of rotatable bonds is 12. The Kier molecular flexibility index (Phi) is 9.74. The van der Waals surface area contributed by atoms with Crippen LogP contribution in [0.15, 0.2) is 0 Å². The van der Waals surface area contributed by atoms with Crippen LogP contribution in [-0.2, 0) is 20.0 Å². The van der Waals surface area contributed by atoms with Crippen molar-refractivity contribution in [2.75, 3.05) is 44.4 Å². The van der Waals surface area contributed by atoms with Gasteiger partial charge >= 0.3 is 0 Å². The quantitative estimate of drug-likeness (QED) is 0.458. The summed E-state index contributed by atoms with van der Waals surface area (Å²) in [5.41, 5.74) is 0. The van der Waals surface area contributed by atoms with Gasteiger partial charge in [0.2, 0.25) is 20.0 Å². The lowest BCUT2D eigenvalue weighted by Crippen LogP contribution is -2.32. The summed E-state index contributed by atoms with van der Waals surface area (Å²) in [7, 11) is -4.49. The van der Waals surface area contributed by atoms with E-state index in [-0.39, 0.29) is 0 Å². The number of hydrogen-bond donors (Lipinski definition) is 0. The van der Waals surface area contributed by atoms with E-state index in [1.165, 1.54) is 10.6 Å². The highest BCUT2D eigenvalue weighted by Gasteiger charge is 2.29. The molecule has 1 aliphatic rings. The third-order valence-electron chi connectivity index (χ3n) is 4.83. The minimum atomic E-state index is -3.11. The summed E-state index contributed by atoms with van der Waals surface area (Å²) >= 11 is 1.85. The standard InChI is InChI=1S/C16H34N2O4S3/c1-5-15(13-17(3)24(4,19)20)9-7-11-23-16(6-2)14-18-10-8-12-25(18,21)22/h15-16H,5-14H2,1-4H3. The van der Waals surface area contributed by atoms with Gasteiger partial charge in [-0.1, -0.05) is 20.3 Å². The highest BCUT2D eigenvalue weighted by Crippen LogP contribution is 2.23. The Balaban J connectivity index is 2.34. The molecule has 2 unspecified atom stereocenters. The van der Waals surface area contributed by atoms with Gasteiger partial charge in [0.25, 0.3) is 0 Å². The van der Waals surface area contributed by atoms with Crippen molar-refractivity contribution in [1.29, 1.82) is 0 Å². The van der Waals surface area contributed by atoms with Gasteiger partial charge in [-0.15, -0.1) is 0 Å². The van der Waals surface area contributed by atoms with Crippen LogP contribution < -0.4 is 0 Å². The van der Waals surface area contributed by atoms with Gasteiger partial charge in [0.1, 0.15) is 0 Å². The van der Waals surface area contributed by atoms with Crippen LogP contribution in [0.1, 0.15) is 46.0 Å². The van der Waals surface area contributed by atoms with Crippen LogP contribution in [0.5, 0.6) is 0 Å². The van der Waals surface area contributed by atoms with Crippen molar-refractivity contribution in [2.24, 2.45) is 5.92 Å². The number of hydrogen-bond acceptors (Lipinski definition) is 5. The Morgan fingerprint density at radius 1 is 1.24 bits per heavy atom. The fourth-order valence-electron chi connectivity index (χ4n) is 2.97. The first-order chi connectivity index (χ1) is 11.6. The van der Waals surface area contributed by atoms with Crippen LogP contribution in [0.3, 0.4) is 0 Å². The molecule has 0 aromatic heterocycles. The number of nitrogens with zero attached hydrogens (tertiary/aromatic N) is 2. The first kappa shape index (κ1) is 23.2. The first-order valence-electron chi connectivity index (χ1n) is 9.10. The smallest absolute Gasteiger partial charge is 0.213 e. The summed E-state index contributed by atoms with van der Waals surface area (Å²) in [4.78, 5) is 0. The van der Waals surface area contributed by atoms with E-state index in [0.29, 0.717) is 36.6 Å². The lowest BCUT2D eigenvalue weighted by Gasteiger charge is -2.23. The maximum absolute atomic E-state index is 11.9. The average molecular weight is 415 g/mol. The second-order valence-corrected chi connectivity index (χ2v) is 12.5. The Morgan fingerprint density at radius 2 is 1.92 bits per heavy atom. The molecule has 1 rings (SSSR count). The molecule has 0 aromatic rings. The third kappa shape index (κ3) is 8.15. The average Bonchev–Trinajstić information content (AvgIpc) is 2.86. The summed E-state index contributed by atoms with van der Waals surface area (Å²) in [6, 6.07) is 0. The Hall–Kier alpha value is 0.170. The van der Waals surface area contributed by atoms with Gasteiger partial charge in [-0.05, 0) is 37.4 Å². The molecule has 1 saturated heterocycles. The van der Waals surface area contributed by atoms with Crippen LogP contribution in [-0.4, -0.2) is 75.1 Å². The lowest BCUT2D eigenvalue weighted by molar-refractivity contribution is 0.357. The van der Waals surface area contributed by atoms with E-state index >= 15 is 0 Å². The maximum Gasteiger partial charge on any atom is 0.214 e. The summed E-state index contributed by atoms with van der Waals surface area (Å²) in [5, 5.41) is 0.339. The molecule has 9 heteroatoms. The first-order valence-corrected chi connectivity index (χ1v) is 13.6. The molecule has 0 aliphatic carbocycles. The van der Waals surface area contributed by atoms with Gasteiger partial charge in [0.05, 0.1) is 12.0 Å². The molecule has 0 N–H and O–H groups in total. The summed E-state index contributed by atoms with van der Waals surface area (Å²) in [6.45, 7) is 6.06. The Bertz CT molecular complexity index is 593. The zero-order valence-corrected chi connectivity index (χ0v) is 18.4. The largest absolute Gasteiger partial charge is 0.214 e. The topological polar surface area (TPSA) is 74.8 Å². The van der Waals surface area contributed by atoms with E-state index < -0.39 is 20.0 Å². The molecular weight excluding hydrogens is 380 g/mol. The molecule has 25 heavy (non-hydrogen) atoms. The number of thioether (sulfide) groups is 1. The van der Waals surface area contributed by atoms with Crippen LogP contribution in [0.2, 0.25) is 0 Å². The Labute approximate surface area is 158 Å². The van der Waals surface area contributed by atoms with Crippen molar-refractivity contribution in [3.63, 3.8) is 0 Å². The van der Waals surface area contributed by atoms with E-state index in [1.54, 1.807) is 11.4 Å². The molecule has 1 heterocycles. The van der Waals surface area contributed by atoms with Crippen LogP contribution in [0.4, 0.5) is 0 Å². The molecule has 6 nitrogen and oxygen atoms in total. The molecule has 0 saturated carbocycles. The maximum atomic E-state index is 11.9. The second kappa shape index (κ2) is 10.5. The van der Waals surface area contributed by atoms with Crippen molar-refractivity contribution < 1.29 is 16.8 Å². The molecule has 0 bridgehead atoms. The molecule has 1 aliphatic heterocycles. The summed E-state index contributed by atoms with van der Waals surface area (Å²) in [6.07, 6.45) is 5.95. The second-order valence-electron chi connectivity index (χ2n) is 6.89. The zero-order chi connectivity index (χ0) is 19.1. The van der Waals surface area contributed by atoms with E-state index in [2.05, 4.69) is 13.8 Å². The molecular formula is C16H34N2O4S3. The molecule has 0 aromatic carbocycles. The van der Waals surface area contributed by atoms with Gasteiger partial charge in [-0.25, -0.2) is 25.4 Å². The molecule has 0 radical (unpaired) electrons. The van der Waals surface area contributed by atoms with Gasteiger partial charge in [0, 0.05) is 31.9 Å². The van der Waals surface area contributed by atoms with Crippen molar-refractivity contribution in [3.05, 3.63) is 0 Å². The third-order valence-corrected chi connectivity index (χ3v) is 9.52. The van der Waals surface area contributed by atoms with Crippen LogP contribution in [0, 0.1) is 5.92 Å². The van der Waals surface area contributed by atoms with Crippen molar-refractivity contribution in [2.45, 2.75) is 51.2 Å². The summed E-state index contributed by atoms with van der Waals surface area (Å²) < 4.78 is 50.0. The monoisotopic (exact) mass is 414 g/mol. The van der Waals surface area contributed by atoms with E-state index in [4.69, 9.17) is 0 Å². The van der Waals surface area contributed by atoms with Crippen molar-refractivity contribution >= 4 is 31.8 Å². The van der Waals surface area contributed by atoms with Gasteiger partial charge in [-0.3, -0.25) is 0 Å². The van der Waals surface area contributed by atoms with Crippen molar-refractivity contribution in [1.82, 2.24) is 8.61 Å². The lowest BCUT2D eigenvalue weighted by atomic mass is 10.0. The predicted molar refractivity (Wildman–Crippen MR) is 107 cm³/mol. The molecule has 0 spiro atoms. The van der Waals surface area contributed by atoms with E-state index in [9.17, 15) is 16.8 Å². The molecule has 150 valence electrons. The summed E-state index contributed by atoms with van der Waals surface area (Å²) in [5.74, 6) is 1.66. The van der Waals surface area contributed by atoms with Crippen molar-refractivity contribution in [3.8, 4) is 0 Å². The number of sulfonamides is 2. The highest BCUT2D eigenvalue weighted by atomic mass is 32.2. The fourth-order valence-corrected chi connectivity index (χ4v) is 6.30. The van der Waals surface area contributed by atoms with E-state index in [1.807, 2.05) is 11.8 Å². The predicted octanol–water partition coefficient (Wildman–Crippen LogP) is 2.23. The SMILES string of the molecule is CCC(CCCSC(CC)CN1CCCS1(=O)=O)CN(C)S(C)(=O)=O. The van der Waals surface area contributed by atoms with Crippen LogP contribution >= 0.6 is 11.8 Å². The van der Waals surface area contributed by atoms with Gasteiger partial charge in [-0.2, -0.15) is 11.8 Å². The minimum absolute atomic E-state index is 0.292. The van der Waals surface area contributed by atoms with Gasteiger partial charge < -0.3 is 0 Å². The normalized spacial score (nSPS) is 20.8. The van der Waals surface area contributed by atoms with Crippen LogP contribution in [0.25, 0.3) is 0 Å².